The van der Waals surface area contributed by atoms with E-state index in [2.05, 4.69) is 11.6 Å². The SMILES string of the molecule is C=C(C)C(=O)OCCC1=NCCN1[O-]. The monoisotopic (exact) mass is 197 g/mol. The summed E-state index contributed by atoms with van der Waals surface area (Å²) >= 11 is 0. The van der Waals surface area contributed by atoms with Crippen molar-refractivity contribution in [1.29, 1.82) is 0 Å². The number of hydroxylamine groups is 2. The number of carbonyl (C=O) groups is 1. The van der Waals surface area contributed by atoms with Crippen molar-refractivity contribution in [1.82, 2.24) is 5.06 Å². The highest BCUT2D eigenvalue weighted by Crippen LogP contribution is 2.03. The Labute approximate surface area is 82.6 Å². The maximum atomic E-state index is 11.0. The van der Waals surface area contributed by atoms with Crippen LogP contribution in [0.2, 0.25) is 0 Å². The lowest BCUT2D eigenvalue weighted by molar-refractivity contribution is -0.138. The molecule has 1 rings (SSSR count). The topological polar surface area (TPSA) is 65.0 Å². The standard InChI is InChI=1S/C9H13N2O3/c1-7(2)9(12)14-6-3-8-10-4-5-11(8)13/h1,3-6H2,2H3/q-1. The Morgan fingerprint density at radius 3 is 3.00 bits per heavy atom. The van der Waals surface area contributed by atoms with E-state index < -0.39 is 5.97 Å². The fourth-order valence-corrected chi connectivity index (χ4v) is 1.04. The Bertz CT molecular complexity index is 273. The van der Waals surface area contributed by atoms with Crippen molar-refractivity contribution in [3.05, 3.63) is 17.4 Å². The maximum Gasteiger partial charge on any atom is 0.333 e. The minimum absolute atomic E-state index is 0.184. The number of rotatable bonds is 4. The molecule has 0 aromatic rings. The van der Waals surface area contributed by atoms with Crippen molar-refractivity contribution in [2.75, 3.05) is 19.7 Å². The molecule has 78 valence electrons. The highest BCUT2D eigenvalue weighted by atomic mass is 16.5. The van der Waals surface area contributed by atoms with Crippen LogP contribution in [0.4, 0.5) is 0 Å². The molecule has 1 heterocycles. The summed E-state index contributed by atoms with van der Waals surface area (Å²) < 4.78 is 4.83. The number of carbonyl (C=O) groups excluding carboxylic acids is 1. The van der Waals surface area contributed by atoms with Gasteiger partial charge in [-0.15, -0.1) is 0 Å². The van der Waals surface area contributed by atoms with Crippen molar-refractivity contribution in [2.45, 2.75) is 13.3 Å². The lowest BCUT2D eigenvalue weighted by Gasteiger charge is -2.25. The van der Waals surface area contributed by atoms with Gasteiger partial charge in [0.1, 0.15) is 0 Å². The third kappa shape index (κ3) is 2.85. The third-order valence-corrected chi connectivity index (χ3v) is 1.79. The Kier molecular flexibility index (Phi) is 3.64. The van der Waals surface area contributed by atoms with Crippen LogP contribution in [0, 0.1) is 5.21 Å². The van der Waals surface area contributed by atoms with Crippen LogP contribution in [0.1, 0.15) is 13.3 Å². The van der Waals surface area contributed by atoms with Gasteiger partial charge in [0, 0.05) is 18.5 Å². The van der Waals surface area contributed by atoms with Gasteiger partial charge in [0.2, 0.25) is 0 Å². The fourth-order valence-electron chi connectivity index (χ4n) is 1.04. The van der Waals surface area contributed by atoms with E-state index >= 15 is 0 Å². The smallest absolute Gasteiger partial charge is 0.333 e. The van der Waals surface area contributed by atoms with Crippen molar-refractivity contribution in [3.8, 4) is 0 Å². The Morgan fingerprint density at radius 1 is 1.79 bits per heavy atom. The lowest BCUT2D eigenvalue weighted by atomic mass is 10.3. The molecule has 0 N–H and O–H groups in total. The molecule has 5 heteroatoms. The summed E-state index contributed by atoms with van der Waals surface area (Å²) in [4.78, 5) is 14.9. The number of amidine groups is 1. The summed E-state index contributed by atoms with van der Waals surface area (Å²) in [7, 11) is 0. The van der Waals surface area contributed by atoms with Crippen LogP contribution in [-0.4, -0.2) is 36.6 Å². The molecule has 0 atom stereocenters. The van der Waals surface area contributed by atoms with E-state index in [1.807, 2.05) is 0 Å². The molecule has 14 heavy (non-hydrogen) atoms. The van der Waals surface area contributed by atoms with E-state index in [9.17, 15) is 10.0 Å². The van der Waals surface area contributed by atoms with Gasteiger partial charge in [-0.3, -0.25) is 4.99 Å². The van der Waals surface area contributed by atoms with Crippen LogP contribution in [0.25, 0.3) is 0 Å². The number of ether oxygens (including phenoxy) is 1. The van der Waals surface area contributed by atoms with Crippen molar-refractivity contribution in [2.24, 2.45) is 4.99 Å². The second-order valence-electron chi connectivity index (χ2n) is 3.07. The van der Waals surface area contributed by atoms with Gasteiger partial charge >= 0.3 is 5.97 Å². The molecule has 0 unspecified atom stereocenters. The molecule has 0 saturated carbocycles. The Balaban J connectivity index is 2.22. The van der Waals surface area contributed by atoms with E-state index in [1.54, 1.807) is 6.92 Å². The van der Waals surface area contributed by atoms with E-state index in [0.717, 1.165) is 5.06 Å². The average Bonchev–Trinajstić information content (AvgIpc) is 2.51. The lowest BCUT2D eigenvalue weighted by Crippen LogP contribution is -2.22. The van der Waals surface area contributed by atoms with Gasteiger partial charge in [-0.2, -0.15) is 0 Å². The highest BCUT2D eigenvalue weighted by Gasteiger charge is 2.09. The first kappa shape index (κ1) is 10.7. The van der Waals surface area contributed by atoms with Gasteiger partial charge in [0.25, 0.3) is 0 Å². The molecule has 5 nitrogen and oxygen atoms in total. The average molecular weight is 197 g/mol. The van der Waals surface area contributed by atoms with Gasteiger partial charge in [0.05, 0.1) is 19.0 Å². The normalized spacial score (nSPS) is 15.3. The molecule has 0 saturated heterocycles. The van der Waals surface area contributed by atoms with Crippen LogP contribution in [0.15, 0.2) is 17.1 Å². The van der Waals surface area contributed by atoms with Crippen LogP contribution in [0.5, 0.6) is 0 Å². The molecule has 0 spiro atoms. The molecule has 1 aliphatic rings. The molecule has 0 aromatic heterocycles. The molecule has 0 fully saturated rings. The fraction of sp³-hybridized carbons (Fsp3) is 0.556. The molecule has 1 aliphatic heterocycles. The zero-order chi connectivity index (χ0) is 10.6. The summed E-state index contributed by atoms with van der Waals surface area (Å²) in [6, 6.07) is 0. The first-order valence-electron chi connectivity index (χ1n) is 4.42. The van der Waals surface area contributed by atoms with Gasteiger partial charge in [0.15, 0.2) is 0 Å². The van der Waals surface area contributed by atoms with Crippen LogP contribution in [0.3, 0.4) is 0 Å². The number of aliphatic imine (C=N–C) groups is 1. The predicted molar refractivity (Wildman–Crippen MR) is 52.8 cm³/mol. The maximum absolute atomic E-state index is 11.0. The van der Waals surface area contributed by atoms with E-state index in [1.165, 1.54) is 0 Å². The second-order valence-corrected chi connectivity index (χ2v) is 3.07. The van der Waals surface area contributed by atoms with Gasteiger partial charge in [-0.05, 0) is 6.92 Å². The first-order chi connectivity index (χ1) is 6.61. The summed E-state index contributed by atoms with van der Waals surface area (Å²) in [5, 5.41) is 11.8. The minimum atomic E-state index is -0.430. The molecule has 0 aromatic carbocycles. The molecule has 0 aliphatic carbocycles. The number of hydrogen-bond donors (Lipinski definition) is 0. The summed E-state index contributed by atoms with van der Waals surface area (Å²) in [5.41, 5.74) is 0.359. The van der Waals surface area contributed by atoms with Gasteiger partial charge in [-0.1, -0.05) is 6.58 Å². The molecule has 0 bridgehead atoms. The molecular formula is C9H13N2O3-. The largest absolute Gasteiger partial charge is 0.757 e. The highest BCUT2D eigenvalue weighted by molar-refractivity contribution is 5.88. The van der Waals surface area contributed by atoms with Gasteiger partial charge < -0.3 is 15.0 Å². The summed E-state index contributed by atoms with van der Waals surface area (Å²) in [5.74, 6) is 0.0283. The molecule has 0 amide bonds. The Morgan fingerprint density at radius 2 is 2.50 bits per heavy atom. The van der Waals surface area contributed by atoms with Gasteiger partial charge in [-0.25, -0.2) is 4.79 Å². The second kappa shape index (κ2) is 4.76. The zero-order valence-electron chi connectivity index (χ0n) is 8.15. The number of nitrogens with zero attached hydrogens (tertiary/aromatic N) is 2. The number of esters is 1. The summed E-state index contributed by atoms with van der Waals surface area (Å²) in [6.45, 7) is 6.15. The van der Waals surface area contributed by atoms with Crippen molar-refractivity contribution < 1.29 is 9.53 Å². The van der Waals surface area contributed by atoms with Crippen molar-refractivity contribution in [3.63, 3.8) is 0 Å². The van der Waals surface area contributed by atoms with Crippen LogP contribution < -0.4 is 0 Å². The van der Waals surface area contributed by atoms with E-state index in [4.69, 9.17) is 4.74 Å². The third-order valence-electron chi connectivity index (χ3n) is 1.79. The van der Waals surface area contributed by atoms with Crippen LogP contribution >= 0.6 is 0 Å². The summed E-state index contributed by atoms with van der Waals surface area (Å²) in [6.07, 6.45) is 0.377. The van der Waals surface area contributed by atoms with Crippen LogP contribution in [-0.2, 0) is 9.53 Å². The molecule has 0 radical (unpaired) electrons. The number of hydrogen-bond acceptors (Lipinski definition) is 5. The van der Waals surface area contributed by atoms with E-state index in [-0.39, 0.29) is 6.61 Å². The predicted octanol–water partition coefficient (Wildman–Crippen LogP) is 0.708. The molecular weight excluding hydrogens is 184 g/mol. The quantitative estimate of drug-likeness (QED) is 0.491. The van der Waals surface area contributed by atoms with Crippen molar-refractivity contribution >= 4 is 11.8 Å². The Hall–Kier alpha value is -1.36. The zero-order valence-corrected chi connectivity index (χ0v) is 8.15. The van der Waals surface area contributed by atoms with E-state index in [0.29, 0.717) is 30.9 Å². The minimum Gasteiger partial charge on any atom is -0.757 e. The first-order valence-corrected chi connectivity index (χ1v) is 4.42.